The van der Waals surface area contributed by atoms with E-state index in [-0.39, 0.29) is 0 Å². The van der Waals surface area contributed by atoms with Gasteiger partial charge in [0.15, 0.2) is 0 Å². The first-order chi connectivity index (χ1) is 6.24. The van der Waals surface area contributed by atoms with Gasteiger partial charge in [0, 0.05) is 0 Å². The smallest absolute Gasteiger partial charge is 0.0219 e. The number of benzene rings is 1. The molecule has 0 radical (unpaired) electrons. The number of rotatable bonds is 3. The maximum Gasteiger partial charge on any atom is -0.0219 e. The maximum atomic E-state index is 2.22. The first kappa shape index (κ1) is 10.0. The Bertz CT molecular complexity index is 265. The molecule has 13 heavy (non-hydrogen) atoms. The Morgan fingerprint density at radius 1 is 1.15 bits per heavy atom. The second-order valence-electron chi connectivity index (χ2n) is 3.63. The van der Waals surface area contributed by atoms with E-state index in [2.05, 4.69) is 57.2 Å². The molecule has 0 nitrogen and oxygen atoms in total. The monoisotopic (exact) mass is 174 g/mol. The minimum absolute atomic E-state index is 0.629. The van der Waals surface area contributed by atoms with Crippen molar-refractivity contribution in [2.45, 2.75) is 33.1 Å². The molecule has 0 aromatic heterocycles. The van der Waals surface area contributed by atoms with Crippen LogP contribution in [0.25, 0.3) is 6.08 Å². The molecule has 1 rings (SSSR count). The van der Waals surface area contributed by atoms with Crippen molar-refractivity contribution in [2.75, 3.05) is 0 Å². The van der Waals surface area contributed by atoms with Crippen molar-refractivity contribution in [2.24, 2.45) is 0 Å². The van der Waals surface area contributed by atoms with E-state index >= 15 is 0 Å². The van der Waals surface area contributed by atoms with E-state index in [1.807, 2.05) is 0 Å². The molecule has 0 amide bonds. The summed E-state index contributed by atoms with van der Waals surface area (Å²) < 4.78 is 0. The van der Waals surface area contributed by atoms with Crippen LogP contribution in [-0.2, 0) is 0 Å². The van der Waals surface area contributed by atoms with Gasteiger partial charge in [0.25, 0.3) is 0 Å². The molecule has 0 saturated heterocycles. The fraction of sp³-hybridized carbons (Fsp3) is 0.385. The number of hydrogen-bond acceptors (Lipinski definition) is 0. The fourth-order valence-electron chi connectivity index (χ4n) is 1.25. The highest BCUT2D eigenvalue weighted by Crippen LogP contribution is 2.15. The third-order valence-electron chi connectivity index (χ3n) is 2.15. The van der Waals surface area contributed by atoms with Crippen molar-refractivity contribution in [3.63, 3.8) is 0 Å². The summed E-state index contributed by atoms with van der Waals surface area (Å²) in [6, 6.07) is 8.78. The molecule has 0 aliphatic heterocycles. The fourth-order valence-corrected chi connectivity index (χ4v) is 1.25. The zero-order valence-corrected chi connectivity index (χ0v) is 8.75. The standard InChI is InChI=1S/C13H18/c1-4-5-6-12-7-9-13(10-8-12)11(2)3/h5-11H,4H2,1-3H3. The Labute approximate surface area is 81.3 Å². The van der Waals surface area contributed by atoms with E-state index < -0.39 is 0 Å². The van der Waals surface area contributed by atoms with Crippen LogP contribution < -0.4 is 0 Å². The van der Waals surface area contributed by atoms with Crippen molar-refractivity contribution in [3.8, 4) is 0 Å². The molecule has 0 fully saturated rings. The third kappa shape index (κ3) is 3.06. The van der Waals surface area contributed by atoms with Crippen molar-refractivity contribution < 1.29 is 0 Å². The molecule has 0 unspecified atom stereocenters. The SMILES string of the molecule is CCC=Cc1ccc(C(C)C)cc1. The summed E-state index contributed by atoms with van der Waals surface area (Å²) in [6.07, 6.45) is 5.46. The van der Waals surface area contributed by atoms with Gasteiger partial charge in [0.1, 0.15) is 0 Å². The van der Waals surface area contributed by atoms with Gasteiger partial charge < -0.3 is 0 Å². The van der Waals surface area contributed by atoms with Crippen molar-refractivity contribution >= 4 is 6.08 Å². The third-order valence-corrected chi connectivity index (χ3v) is 2.15. The Kier molecular flexibility index (Phi) is 3.75. The molecule has 0 saturated carbocycles. The highest BCUT2D eigenvalue weighted by molar-refractivity contribution is 5.49. The van der Waals surface area contributed by atoms with Crippen LogP contribution >= 0.6 is 0 Å². The van der Waals surface area contributed by atoms with Gasteiger partial charge in [0.2, 0.25) is 0 Å². The molecule has 0 heteroatoms. The van der Waals surface area contributed by atoms with E-state index in [4.69, 9.17) is 0 Å². The zero-order chi connectivity index (χ0) is 9.68. The molecule has 1 aromatic rings. The quantitative estimate of drug-likeness (QED) is 0.643. The topological polar surface area (TPSA) is 0 Å². The maximum absolute atomic E-state index is 2.22. The van der Waals surface area contributed by atoms with Gasteiger partial charge in [-0.15, -0.1) is 0 Å². The van der Waals surface area contributed by atoms with Gasteiger partial charge in [0.05, 0.1) is 0 Å². The van der Waals surface area contributed by atoms with E-state index in [9.17, 15) is 0 Å². The van der Waals surface area contributed by atoms with E-state index in [0.717, 1.165) is 6.42 Å². The summed E-state index contributed by atoms with van der Waals surface area (Å²) in [4.78, 5) is 0. The van der Waals surface area contributed by atoms with Crippen LogP contribution in [-0.4, -0.2) is 0 Å². The molecular weight excluding hydrogens is 156 g/mol. The molecule has 0 spiro atoms. The Hall–Kier alpha value is -1.04. The predicted octanol–water partition coefficient (Wildman–Crippen LogP) is 4.23. The lowest BCUT2D eigenvalue weighted by Gasteiger charge is -2.04. The largest absolute Gasteiger partial charge is 0.0842 e. The lowest BCUT2D eigenvalue weighted by Crippen LogP contribution is -1.85. The lowest BCUT2D eigenvalue weighted by molar-refractivity contribution is 0.866. The van der Waals surface area contributed by atoms with Crippen LogP contribution in [0.3, 0.4) is 0 Å². The van der Waals surface area contributed by atoms with Gasteiger partial charge >= 0.3 is 0 Å². The first-order valence-electron chi connectivity index (χ1n) is 5.00. The summed E-state index contributed by atoms with van der Waals surface area (Å²) in [6.45, 7) is 6.59. The van der Waals surface area contributed by atoms with E-state index in [1.54, 1.807) is 0 Å². The molecule has 70 valence electrons. The zero-order valence-electron chi connectivity index (χ0n) is 8.75. The van der Waals surface area contributed by atoms with Gasteiger partial charge in [-0.25, -0.2) is 0 Å². The van der Waals surface area contributed by atoms with Gasteiger partial charge in [-0.2, -0.15) is 0 Å². The molecule has 0 atom stereocenters. The molecule has 1 aromatic carbocycles. The molecule has 0 heterocycles. The Morgan fingerprint density at radius 3 is 2.23 bits per heavy atom. The second kappa shape index (κ2) is 4.86. The first-order valence-corrected chi connectivity index (χ1v) is 5.00. The van der Waals surface area contributed by atoms with Crippen molar-refractivity contribution in [1.82, 2.24) is 0 Å². The summed E-state index contributed by atoms with van der Waals surface area (Å²) in [7, 11) is 0. The normalized spacial score (nSPS) is 11.4. The highest BCUT2D eigenvalue weighted by atomic mass is 14.0. The minimum Gasteiger partial charge on any atom is -0.0842 e. The van der Waals surface area contributed by atoms with E-state index in [0.29, 0.717) is 5.92 Å². The number of allylic oxidation sites excluding steroid dienone is 1. The van der Waals surface area contributed by atoms with Crippen molar-refractivity contribution in [3.05, 3.63) is 41.5 Å². The van der Waals surface area contributed by atoms with Crippen LogP contribution in [0.2, 0.25) is 0 Å². The van der Waals surface area contributed by atoms with Crippen LogP contribution in [0.15, 0.2) is 30.3 Å². The molecule has 0 bridgehead atoms. The molecule has 0 aliphatic rings. The second-order valence-corrected chi connectivity index (χ2v) is 3.63. The molecule has 0 aliphatic carbocycles. The van der Waals surface area contributed by atoms with Gasteiger partial charge in [-0.05, 0) is 23.5 Å². The summed E-state index contributed by atoms with van der Waals surface area (Å²) in [5.41, 5.74) is 2.71. The molecule has 0 N–H and O–H groups in total. The van der Waals surface area contributed by atoms with Gasteiger partial charge in [-0.3, -0.25) is 0 Å². The summed E-state index contributed by atoms with van der Waals surface area (Å²) >= 11 is 0. The molecular formula is C13H18. The van der Waals surface area contributed by atoms with Crippen molar-refractivity contribution in [1.29, 1.82) is 0 Å². The average molecular weight is 174 g/mol. The predicted molar refractivity (Wildman–Crippen MR) is 59.9 cm³/mol. The Morgan fingerprint density at radius 2 is 1.77 bits per heavy atom. The van der Waals surface area contributed by atoms with E-state index in [1.165, 1.54) is 11.1 Å². The lowest BCUT2D eigenvalue weighted by atomic mass is 10.0. The average Bonchev–Trinajstić information content (AvgIpc) is 2.15. The van der Waals surface area contributed by atoms with Crippen LogP contribution in [0.5, 0.6) is 0 Å². The summed E-state index contributed by atoms with van der Waals surface area (Å²) in [5.74, 6) is 0.629. The van der Waals surface area contributed by atoms with Crippen LogP contribution in [0, 0.1) is 0 Å². The van der Waals surface area contributed by atoms with Gasteiger partial charge in [-0.1, -0.05) is 57.2 Å². The van der Waals surface area contributed by atoms with Crippen LogP contribution in [0.4, 0.5) is 0 Å². The number of hydrogen-bond donors (Lipinski definition) is 0. The Balaban J connectivity index is 2.75. The minimum atomic E-state index is 0.629. The van der Waals surface area contributed by atoms with Crippen LogP contribution in [0.1, 0.15) is 44.2 Å². The summed E-state index contributed by atoms with van der Waals surface area (Å²) in [5, 5.41) is 0. The highest BCUT2D eigenvalue weighted by Gasteiger charge is 1.96.